The van der Waals surface area contributed by atoms with Crippen molar-refractivity contribution in [2.24, 2.45) is 0 Å². The fraction of sp³-hybridized carbons (Fsp3) is 0.424. The van der Waals surface area contributed by atoms with Gasteiger partial charge in [0.1, 0.15) is 23.4 Å². The molecule has 3 aromatic rings. The van der Waals surface area contributed by atoms with E-state index < -0.39 is 41.6 Å². The number of benzene rings is 2. The van der Waals surface area contributed by atoms with Gasteiger partial charge in [-0.3, -0.25) is 9.59 Å². The lowest BCUT2D eigenvalue weighted by Crippen LogP contribution is -2.56. The molecule has 12 nitrogen and oxygen atoms in total. The number of rotatable bonds is 12. The summed E-state index contributed by atoms with van der Waals surface area (Å²) < 4.78 is 22.9. The SMILES string of the molecule is COc1cc(CO)cc2c1O[C@@H]1[C@@H](O)[C@H](N(CCCOC(C)C)C(=O)c3cc4ccccc4oc3=O)C=C(C(=O)NCCO)[C@H]21. The number of carbonyl (C=O) groups excluding carboxylic acids is 2. The summed E-state index contributed by atoms with van der Waals surface area (Å²) >= 11 is 0. The zero-order valence-electron chi connectivity index (χ0n) is 25.4. The van der Waals surface area contributed by atoms with Gasteiger partial charge in [0.25, 0.3) is 5.91 Å². The Bertz CT molecular complexity index is 1650. The first-order valence-electron chi connectivity index (χ1n) is 14.9. The fourth-order valence-corrected chi connectivity index (χ4v) is 5.92. The quantitative estimate of drug-likeness (QED) is 0.173. The summed E-state index contributed by atoms with van der Waals surface area (Å²) in [6.45, 7) is 3.54. The molecule has 1 aliphatic carbocycles. The molecule has 2 aromatic carbocycles. The second-order valence-corrected chi connectivity index (χ2v) is 11.3. The first kappa shape index (κ1) is 32.2. The second kappa shape index (κ2) is 13.8. The van der Waals surface area contributed by atoms with E-state index >= 15 is 0 Å². The molecule has 2 aliphatic rings. The summed E-state index contributed by atoms with van der Waals surface area (Å²) in [4.78, 5) is 42.2. The van der Waals surface area contributed by atoms with Gasteiger partial charge in [0, 0.05) is 36.2 Å². The van der Waals surface area contributed by atoms with E-state index in [9.17, 15) is 29.7 Å². The van der Waals surface area contributed by atoms with E-state index in [4.69, 9.17) is 18.6 Å². The van der Waals surface area contributed by atoms with E-state index in [1.807, 2.05) is 13.8 Å². The molecule has 1 aliphatic heterocycles. The maximum absolute atomic E-state index is 14.2. The summed E-state index contributed by atoms with van der Waals surface area (Å²) in [5.74, 6) is -1.37. The highest BCUT2D eigenvalue weighted by Crippen LogP contribution is 2.51. The number of fused-ring (bicyclic) bond motifs is 4. The number of hydrogen-bond acceptors (Lipinski definition) is 10. The molecule has 2 amide bonds. The minimum atomic E-state index is -1.35. The maximum Gasteiger partial charge on any atom is 0.349 e. The molecule has 0 spiro atoms. The maximum atomic E-state index is 14.2. The lowest BCUT2D eigenvalue weighted by Gasteiger charge is -2.40. The van der Waals surface area contributed by atoms with Gasteiger partial charge in [-0.05, 0) is 56.2 Å². The number of amides is 2. The van der Waals surface area contributed by atoms with Crippen molar-refractivity contribution >= 4 is 22.8 Å². The van der Waals surface area contributed by atoms with E-state index in [1.165, 1.54) is 24.2 Å². The monoisotopic (exact) mass is 622 g/mol. The molecule has 5 rings (SSSR count). The number of aliphatic hydroxyl groups is 3. The van der Waals surface area contributed by atoms with Crippen molar-refractivity contribution in [3.8, 4) is 11.5 Å². The van der Waals surface area contributed by atoms with Crippen molar-refractivity contribution in [2.45, 2.75) is 57.1 Å². The van der Waals surface area contributed by atoms with Crippen LogP contribution in [-0.4, -0.2) is 89.8 Å². The molecule has 0 saturated heterocycles. The fourth-order valence-electron chi connectivity index (χ4n) is 5.92. The van der Waals surface area contributed by atoms with Crippen molar-refractivity contribution in [2.75, 3.05) is 33.4 Å². The minimum absolute atomic E-state index is 0.0260. The normalized spacial score (nSPS) is 20.3. The number of nitrogens with one attached hydrogen (secondary N) is 1. The van der Waals surface area contributed by atoms with Crippen LogP contribution in [0.4, 0.5) is 0 Å². The molecule has 240 valence electrons. The molecule has 4 N–H and O–H groups in total. The van der Waals surface area contributed by atoms with Gasteiger partial charge in [0.05, 0.1) is 38.4 Å². The van der Waals surface area contributed by atoms with E-state index in [1.54, 1.807) is 36.4 Å². The van der Waals surface area contributed by atoms with Crippen molar-refractivity contribution in [3.05, 3.63) is 81.2 Å². The molecule has 45 heavy (non-hydrogen) atoms. The lowest BCUT2D eigenvalue weighted by molar-refractivity contribution is -0.118. The summed E-state index contributed by atoms with van der Waals surface area (Å²) in [7, 11) is 1.45. The number of nitrogens with zero attached hydrogens (tertiary/aromatic N) is 1. The number of hydrogen-bond donors (Lipinski definition) is 4. The first-order valence-corrected chi connectivity index (χ1v) is 14.9. The first-order chi connectivity index (χ1) is 21.7. The molecule has 4 atom stereocenters. The van der Waals surface area contributed by atoms with Crippen molar-refractivity contribution in [1.82, 2.24) is 10.2 Å². The lowest BCUT2D eigenvalue weighted by atomic mass is 9.77. The zero-order valence-corrected chi connectivity index (χ0v) is 25.4. The molecule has 0 radical (unpaired) electrons. The Kier molecular flexibility index (Phi) is 9.88. The standard InChI is InChI=1S/C33H38N2O10/c1-18(2)43-12-6-10-35(32(40)23-15-20-7-4-5-8-25(20)44-33(23)41)24-16-22(31(39)34-9-11-36)27-21-13-19(17-37)14-26(42-3)29(21)45-30(27)28(24)38/h4-5,7-8,13-16,18,24,27-28,30,36-38H,6,9-12,17H2,1-3H3,(H,34,39)/t24-,27+,28+,30+/m1/s1. The summed E-state index contributed by atoms with van der Waals surface area (Å²) in [6.07, 6.45) is -0.536. The van der Waals surface area contributed by atoms with Gasteiger partial charge < -0.3 is 44.2 Å². The number of ether oxygens (including phenoxy) is 3. The van der Waals surface area contributed by atoms with Gasteiger partial charge in [0.15, 0.2) is 11.5 Å². The highest BCUT2D eigenvalue weighted by atomic mass is 16.5. The smallest absolute Gasteiger partial charge is 0.349 e. The Labute approximate surface area is 259 Å². The molecule has 0 unspecified atom stereocenters. The summed E-state index contributed by atoms with van der Waals surface area (Å²) in [5.41, 5.74) is 0.517. The Morgan fingerprint density at radius 3 is 2.62 bits per heavy atom. The third-order valence-corrected chi connectivity index (χ3v) is 7.98. The van der Waals surface area contributed by atoms with Crippen LogP contribution in [0, 0.1) is 0 Å². The average Bonchev–Trinajstić information content (AvgIpc) is 3.43. The molecule has 2 heterocycles. The van der Waals surface area contributed by atoms with Crippen LogP contribution < -0.4 is 20.4 Å². The number of para-hydroxylation sites is 1. The van der Waals surface area contributed by atoms with Crippen LogP contribution in [0.2, 0.25) is 0 Å². The zero-order chi connectivity index (χ0) is 32.2. The van der Waals surface area contributed by atoms with E-state index in [-0.39, 0.29) is 43.5 Å². The van der Waals surface area contributed by atoms with Crippen LogP contribution in [-0.2, 0) is 16.1 Å². The largest absolute Gasteiger partial charge is 0.493 e. The summed E-state index contributed by atoms with van der Waals surface area (Å²) in [5, 5.41) is 34.4. The van der Waals surface area contributed by atoms with E-state index in [0.29, 0.717) is 46.6 Å². The third-order valence-electron chi connectivity index (χ3n) is 7.98. The Morgan fingerprint density at radius 2 is 1.91 bits per heavy atom. The molecule has 0 saturated carbocycles. The van der Waals surface area contributed by atoms with Crippen LogP contribution in [0.15, 0.2) is 63.3 Å². The van der Waals surface area contributed by atoms with Crippen LogP contribution in [0.25, 0.3) is 11.0 Å². The van der Waals surface area contributed by atoms with Crippen LogP contribution in [0.5, 0.6) is 11.5 Å². The molecule has 1 aromatic heterocycles. The Balaban J connectivity index is 1.60. The van der Waals surface area contributed by atoms with E-state index in [2.05, 4.69) is 5.32 Å². The number of carbonyl (C=O) groups is 2. The predicted octanol–water partition coefficient (Wildman–Crippen LogP) is 1.87. The van der Waals surface area contributed by atoms with Gasteiger partial charge in [-0.25, -0.2) is 4.79 Å². The van der Waals surface area contributed by atoms with Crippen molar-refractivity contribution < 1.29 is 43.5 Å². The predicted molar refractivity (Wildman–Crippen MR) is 163 cm³/mol. The molecule has 12 heteroatoms. The highest BCUT2D eigenvalue weighted by molar-refractivity contribution is 5.98. The second-order valence-electron chi connectivity index (χ2n) is 11.3. The Morgan fingerprint density at radius 1 is 1.13 bits per heavy atom. The van der Waals surface area contributed by atoms with Crippen LogP contribution >= 0.6 is 0 Å². The topological polar surface area (TPSA) is 168 Å². The number of aliphatic hydroxyl groups excluding tert-OH is 3. The molecule has 0 bridgehead atoms. The van der Waals surface area contributed by atoms with Gasteiger partial charge in [-0.1, -0.05) is 18.2 Å². The molecular formula is C33H38N2O10. The number of methoxy groups -OCH3 is 1. The van der Waals surface area contributed by atoms with Crippen molar-refractivity contribution in [1.29, 1.82) is 0 Å². The van der Waals surface area contributed by atoms with Crippen molar-refractivity contribution in [3.63, 3.8) is 0 Å². The Hall–Kier alpha value is -4.23. The summed E-state index contributed by atoms with van der Waals surface area (Å²) in [6, 6.07) is 10.5. The molecular weight excluding hydrogens is 584 g/mol. The van der Waals surface area contributed by atoms with Gasteiger partial charge >= 0.3 is 5.63 Å². The molecule has 0 fully saturated rings. The van der Waals surface area contributed by atoms with Crippen LogP contribution in [0.1, 0.15) is 47.7 Å². The highest BCUT2D eigenvalue weighted by Gasteiger charge is 2.51. The van der Waals surface area contributed by atoms with Gasteiger partial charge in [0.2, 0.25) is 5.91 Å². The van der Waals surface area contributed by atoms with E-state index in [0.717, 1.165) is 0 Å². The van der Waals surface area contributed by atoms with Crippen LogP contribution in [0.3, 0.4) is 0 Å². The minimum Gasteiger partial charge on any atom is -0.493 e. The average molecular weight is 623 g/mol. The third kappa shape index (κ3) is 6.45. The van der Waals surface area contributed by atoms with Gasteiger partial charge in [-0.2, -0.15) is 0 Å². The van der Waals surface area contributed by atoms with Gasteiger partial charge in [-0.15, -0.1) is 0 Å².